The molecule has 0 radical (unpaired) electrons. The summed E-state index contributed by atoms with van der Waals surface area (Å²) in [4.78, 5) is 27.3. The van der Waals surface area contributed by atoms with Gasteiger partial charge in [0.2, 0.25) is 0 Å². The normalized spacial score (nSPS) is 14.2. The predicted molar refractivity (Wildman–Crippen MR) is 156 cm³/mol. The molecule has 0 atom stereocenters. The molecule has 1 saturated heterocycles. The second kappa shape index (κ2) is 13.0. The van der Waals surface area contributed by atoms with E-state index in [4.69, 9.17) is 4.74 Å². The Morgan fingerprint density at radius 3 is 2.48 bits per heavy atom. The highest BCUT2D eigenvalue weighted by Crippen LogP contribution is 2.35. The van der Waals surface area contributed by atoms with E-state index in [1.165, 1.54) is 30.3 Å². The highest BCUT2D eigenvalue weighted by Gasteiger charge is 2.32. The number of carbonyl (C=O) groups is 2. The summed E-state index contributed by atoms with van der Waals surface area (Å²) >= 11 is 0. The van der Waals surface area contributed by atoms with Crippen molar-refractivity contribution < 1.29 is 36.6 Å². The fourth-order valence-electron chi connectivity index (χ4n) is 5.51. The Morgan fingerprint density at radius 2 is 1.77 bits per heavy atom. The predicted octanol–water partition coefficient (Wildman–Crippen LogP) is 5.98. The number of nitrogens with one attached hydrogen (secondary N) is 1. The number of ether oxygens (including phenoxy) is 2. The third-order valence-corrected chi connectivity index (χ3v) is 7.81. The number of benzene rings is 3. The number of nitrogens with zero attached hydrogens (tertiary/aromatic N) is 3. The van der Waals surface area contributed by atoms with Gasteiger partial charge in [0.05, 0.1) is 17.7 Å². The third kappa shape index (κ3) is 7.02. The molecule has 4 aromatic rings. The smallest absolute Gasteiger partial charge is 0.405 e. The van der Waals surface area contributed by atoms with Crippen molar-refractivity contribution in [3.63, 3.8) is 0 Å². The molecular formula is C32H32F4N4O4. The minimum absolute atomic E-state index is 0.0616. The van der Waals surface area contributed by atoms with Crippen molar-refractivity contribution in [2.45, 2.75) is 32.7 Å². The number of piperidine rings is 1. The molecule has 0 saturated carbocycles. The van der Waals surface area contributed by atoms with E-state index >= 15 is 4.39 Å². The van der Waals surface area contributed by atoms with E-state index < -0.39 is 23.8 Å². The van der Waals surface area contributed by atoms with Gasteiger partial charge >= 0.3 is 6.36 Å². The summed E-state index contributed by atoms with van der Waals surface area (Å²) < 4.78 is 64.5. The van der Waals surface area contributed by atoms with Gasteiger partial charge in [-0.1, -0.05) is 24.3 Å². The van der Waals surface area contributed by atoms with E-state index in [1.54, 1.807) is 18.1 Å². The number of hydrogen-bond donors (Lipinski definition) is 1. The number of halogens is 4. The van der Waals surface area contributed by atoms with Crippen LogP contribution in [0.15, 0.2) is 60.8 Å². The van der Waals surface area contributed by atoms with Crippen LogP contribution in [-0.4, -0.2) is 66.2 Å². The first-order valence-corrected chi connectivity index (χ1v) is 14.2. The number of rotatable bonds is 9. The first kappa shape index (κ1) is 31.0. The molecule has 1 aromatic heterocycles. The molecule has 12 heteroatoms. The van der Waals surface area contributed by atoms with Crippen LogP contribution in [-0.2, 0) is 11.3 Å². The number of alkyl halides is 3. The van der Waals surface area contributed by atoms with Crippen LogP contribution in [0.5, 0.6) is 5.75 Å². The van der Waals surface area contributed by atoms with Gasteiger partial charge in [-0.05, 0) is 67.1 Å². The van der Waals surface area contributed by atoms with Crippen LogP contribution in [0, 0.1) is 18.7 Å². The van der Waals surface area contributed by atoms with Gasteiger partial charge in [-0.25, -0.2) is 4.39 Å². The van der Waals surface area contributed by atoms with Crippen LogP contribution in [0.25, 0.3) is 22.0 Å². The quantitative estimate of drug-likeness (QED) is 0.186. The molecule has 0 aliphatic carbocycles. The van der Waals surface area contributed by atoms with E-state index in [0.717, 1.165) is 28.6 Å². The first-order valence-electron chi connectivity index (χ1n) is 14.2. The van der Waals surface area contributed by atoms with Crippen molar-refractivity contribution in [2.75, 3.05) is 33.4 Å². The Bertz CT molecular complexity index is 1660. The Morgan fingerprint density at radius 1 is 1.05 bits per heavy atom. The Hall–Kier alpha value is -4.45. The monoisotopic (exact) mass is 612 g/mol. The minimum atomic E-state index is -4.90. The van der Waals surface area contributed by atoms with Crippen LogP contribution < -0.4 is 10.1 Å². The molecule has 1 fully saturated rings. The lowest BCUT2D eigenvalue weighted by Gasteiger charge is -2.32. The van der Waals surface area contributed by atoms with Gasteiger partial charge in [0.1, 0.15) is 11.6 Å². The van der Waals surface area contributed by atoms with Crippen molar-refractivity contribution >= 4 is 22.7 Å². The van der Waals surface area contributed by atoms with Crippen molar-refractivity contribution in [3.05, 3.63) is 83.3 Å². The lowest BCUT2D eigenvalue weighted by molar-refractivity contribution is -0.274. The number of amides is 2. The third-order valence-electron chi connectivity index (χ3n) is 7.81. The Balaban J connectivity index is 1.21. The summed E-state index contributed by atoms with van der Waals surface area (Å²) in [7, 11) is 1.57. The van der Waals surface area contributed by atoms with Gasteiger partial charge in [0, 0.05) is 56.0 Å². The summed E-state index contributed by atoms with van der Waals surface area (Å²) in [5.41, 5.74) is 2.30. The maximum atomic E-state index is 15.1. The van der Waals surface area contributed by atoms with E-state index in [1.807, 2.05) is 23.9 Å². The number of aromatic nitrogens is 2. The average molecular weight is 613 g/mol. The first-order chi connectivity index (χ1) is 21.0. The molecule has 0 bridgehead atoms. The van der Waals surface area contributed by atoms with Crippen LogP contribution in [0.1, 0.15) is 39.1 Å². The zero-order valence-electron chi connectivity index (χ0n) is 24.3. The molecule has 232 valence electrons. The Labute approximate surface area is 251 Å². The number of likely N-dealkylation sites (tertiary alicyclic amines) is 1. The minimum Gasteiger partial charge on any atom is -0.405 e. The molecule has 44 heavy (non-hydrogen) atoms. The second-order valence-electron chi connectivity index (χ2n) is 10.7. The largest absolute Gasteiger partial charge is 0.573 e. The number of hydrogen-bond acceptors (Lipinski definition) is 5. The van der Waals surface area contributed by atoms with Gasteiger partial charge in [-0.3, -0.25) is 14.3 Å². The molecule has 1 N–H and O–H groups in total. The summed E-state index contributed by atoms with van der Waals surface area (Å²) in [5, 5.41) is 8.41. The molecular weight excluding hydrogens is 580 g/mol. The van der Waals surface area contributed by atoms with Crippen LogP contribution >= 0.6 is 0 Å². The number of fused-ring (bicyclic) bond motifs is 1. The molecule has 1 aliphatic rings. The second-order valence-corrected chi connectivity index (χ2v) is 10.7. The van der Waals surface area contributed by atoms with Crippen molar-refractivity contribution in [2.24, 2.45) is 5.92 Å². The zero-order chi connectivity index (χ0) is 31.4. The molecule has 0 spiro atoms. The lowest BCUT2D eigenvalue weighted by Crippen LogP contribution is -2.39. The summed E-state index contributed by atoms with van der Waals surface area (Å²) in [6.07, 6.45) is -1.58. The number of aryl methyl sites for hydroxylation is 1. The molecule has 0 unspecified atom stereocenters. The van der Waals surface area contributed by atoms with E-state index in [2.05, 4.69) is 15.2 Å². The molecule has 2 amide bonds. The van der Waals surface area contributed by atoms with Gasteiger partial charge in [-0.15, -0.1) is 13.2 Å². The number of methoxy groups -OCH3 is 1. The van der Waals surface area contributed by atoms with Crippen molar-refractivity contribution in [1.82, 2.24) is 20.0 Å². The maximum absolute atomic E-state index is 15.1. The van der Waals surface area contributed by atoms with E-state index in [0.29, 0.717) is 51.2 Å². The molecule has 3 aromatic carbocycles. The molecule has 8 nitrogen and oxygen atoms in total. The van der Waals surface area contributed by atoms with E-state index in [9.17, 15) is 22.8 Å². The average Bonchev–Trinajstić information content (AvgIpc) is 3.40. The fraction of sp³-hybridized carbons (Fsp3) is 0.344. The van der Waals surface area contributed by atoms with E-state index in [-0.39, 0.29) is 28.5 Å². The Kier molecular flexibility index (Phi) is 9.19. The maximum Gasteiger partial charge on any atom is 0.573 e. The van der Waals surface area contributed by atoms with Crippen LogP contribution in [0.3, 0.4) is 0 Å². The fourth-order valence-corrected chi connectivity index (χ4v) is 5.51. The standard InChI is InChI=1S/C32H32F4N4O4/c1-20-23(30(41)37-13-16-43-2)9-10-28-26(20)19-40(38-28)18-21-11-14-39(15-12-21)31(42)25-8-7-22(17-27(25)33)24-5-3-4-6-29(24)44-32(34,35)36/h3-10,17,19,21H,11-16,18H2,1-2H3,(H,37,41). The summed E-state index contributed by atoms with van der Waals surface area (Å²) in [5.74, 6) is -1.67. The molecule has 1 aliphatic heterocycles. The molecule has 5 rings (SSSR count). The highest BCUT2D eigenvalue weighted by molar-refractivity contribution is 6.00. The van der Waals surface area contributed by atoms with Gasteiger partial charge < -0.3 is 19.7 Å². The lowest BCUT2D eigenvalue weighted by atomic mass is 9.96. The topological polar surface area (TPSA) is 85.7 Å². The highest BCUT2D eigenvalue weighted by atomic mass is 19.4. The number of para-hydroxylation sites is 1. The summed E-state index contributed by atoms with van der Waals surface area (Å²) in [6, 6.07) is 12.8. The zero-order valence-corrected chi connectivity index (χ0v) is 24.3. The van der Waals surface area contributed by atoms with Crippen LogP contribution in [0.2, 0.25) is 0 Å². The van der Waals surface area contributed by atoms with Gasteiger partial charge in [-0.2, -0.15) is 5.10 Å². The molecule has 2 heterocycles. The SMILES string of the molecule is COCCNC(=O)c1ccc2nn(CC3CCN(C(=O)c4ccc(-c5ccccc5OC(F)(F)F)cc4F)CC3)cc2c1C. The van der Waals surface area contributed by atoms with Gasteiger partial charge in [0.25, 0.3) is 11.8 Å². The van der Waals surface area contributed by atoms with Gasteiger partial charge in [0.15, 0.2) is 0 Å². The van der Waals surface area contributed by atoms with Crippen molar-refractivity contribution in [1.29, 1.82) is 0 Å². The summed E-state index contributed by atoms with van der Waals surface area (Å²) in [6.45, 7) is 4.23. The van der Waals surface area contributed by atoms with Crippen LogP contribution in [0.4, 0.5) is 17.6 Å². The number of carbonyl (C=O) groups excluding carboxylic acids is 2. The van der Waals surface area contributed by atoms with Crippen molar-refractivity contribution in [3.8, 4) is 16.9 Å².